The van der Waals surface area contributed by atoms with E-state index in [9.17, 15) is 0 Å². The van der Waals surface area contributed by atoms with Crippen molar-refractivity contribution >= 4 is 34.1 Å². The van der Waals surface area contributed by atoms with E-state index in [1.54, 1.807) is 6.20 Å². The number of nitrogens with one attached hydrogen (secondary N) is 1. The normalized spacial score (nSPS) is 22.1. The number of pyridine rings is 1. The fourth-order valence-electron chi connectivity index (χ4n) is 2.46. The molecule has 0 saturated carbocycles. The molecule has 6 heteroatoms. The summed E-state index contributed by atoms with van der Waals surface area (Å²) in [6.45, 7) is 3.28. The molecule has 0 amide bonds. The Morgan fingerprint density at radius 2 is 2.40 bits per heavy atom. The van der Waals surface area contributed by atoms with Crippen LogP contribution in [0.5, 0.6) is 0 Å². The minimum Gasteiger partial charge on any atom is -0.382 e. The predicted molar refractivity (Wildman–Crippen MR) is 88.3 cm³/mol. The van der Waals surface area contributed by atoms with Gasteiger partial charge in [0.15, 0.2) is 0 Å². The number of rotatable bonds is 4. The van der Waals surface area contributed by atoms with E-state index in [0.717, 1.165) is 22.7 Å². The van der Waals surface area contributed by atoms with Crippen LogP contribution in [0.4, 0.5) is 10.8 Å². The van der Waals surface area contributed by atoms with Gasteiger partial charge in [-0.2, -0.15) is 16.1 Å². The Kier molecular flexibility index (Phi) is 3.85. The molecule has 1 aliphatic rings. The van der Waals surface area contributed by atoms with Gasteiger partial charge in [0.2, 0.25) is 0 Å². The molecular weight excluding hydrogens is 288 g/mol. The molecule has 0 aliphatic carbocycles. The third-order valence-electron chi connectivity index (χ3n) is 3.59. The van der Waals surface area contributed by atoms with Crippen LogP contribution >= 0.6 is 23.3 Å². The second-order valence-corrected chi connectivity index (χ2v) is 7.73. The summed E-state index contributed by atoms with van der Waals surface area (Å²) in [6.07, 6.45) is 6.17. The fourth-order valence-corrected chi connectivity index (χ4v) is 4.43. The molecule has 1 saturated heterocycles. The van der Waals surface area contributed by atoms with Crippen LogP contribution in [0, 0.1) is 0 Å². The van der Waals surface area contributed by atoms with Gasteiger partial charge in [0.05, 0.1) is 5.56 Å². The molecule has 1 atom stereocenters. The first-order valence-electron chi connectivity index (χ1n) is 6.71. The number of nitrogens with two attached hydrogens (primary N) is 1. The van der Waals surface area contributed by atoms with Crippen molar-refractivity contribution in [2.24, 2.45) is 0 Å². The molecule has 1 aliphatic heterocycles. The first kappa shape index (κ1) is 13.7. The summed E-state index contributed by atoms with van der Waals surface area (Å²) in [5, 5.41) is 4.59. The molecule has 2 aromatic heterocycles. The molecule has 1 unspecified atom stereocenters. The fraction of sp³-hybridized carbons (Fsp3) is 0.429. The van der Waals surface area contributed by atoms with Crippen molar-refractivity contribution in [1.29, 1.82) is 0 Å². The Balaban J connectivity index is 1.81. The minimum absolute atomic E-state index is 0.324. The van der Waals surface area contributed by atoms with Gasteiger partial charge in [-0.25, -0.2) is 0 Å². The van der Waals surface area contributed by atoms with Crippen molar-refractivity contribution in [3.63, 3.8) is 0 Å². The highest BCUT2D eigenvalue weighted by Gasteiger charge is 2.29. The molecule has 4 nitrogen and oxygen atoms in total. The highest BCUT2D eigenvalue weighted by atomic mass is 32.2. The Morgan fingerprint density at radius 3 is 3.10 bits per heavy atom. The Labute approximate surface area is 127 Å². The summed E-state index contributed by atoms with van der Waals surface area (Å²) in [5.74, 6) is 1.84. The van der Waals surface area contributed by atoms with Crippen molar-refractivity contribution in [2.45, 2.75) is 24.5 Å². The first-order valence-corrected chi connectivity index (χ1v) is 8.47. The monoisotopic (exact) mass is 306 g/mol. The quantitative estimate of drug-likeness (QED) is 0.905. The van der Waals surface area contributed by atoms with Crippen molar-refractivity contribution < 1.29 is 0 Å². The molecule has 3 heterocycles. The van der Waals surface area contributed by atoms with E-state index in [1.807, 2.05) is 18.3 Å². The largest absolute Gasteiger partial charge is 0.382 e. The zero-order chi connectivity index (χ0) is 14.0. The molecule has 1 fully saturated rings. The molecular formula is C14H18N4S2. The average Bonchev–Trinajstić information content (AvgIpc) is 3.05. The van der Waals surface area contributed by atoms with Crippen molar-refractivity contribution in [3.8, 4) is 11.1 Å². The van der Waals surface area contributed by atoms with Gasteiger partial charge in [-0.3, -0.25) is 4.98 Å². The van der Waals surface area contributed by atoms with E-state index >= 15 is 0 Å². The van der Waals surface area contributed by atoms with Gasteiger partial charge in [0, 0.05) is 29.2 Å². The number of nitrogen functional groups attached to an aromatic ring is 1. The number of hydrogen-bond acceptors (Lipinski definition) is 6. The highest BCUT2D eigenvalue weighted by molar-refractivity contribution is 8.00. The first-order chi connectivity index (χ1) is 9.68. The number of thioether (sulfide) groups is 1. The van der Waals surface area contributed by atoms with Crippen LogP contribution in [0.15, 0.2) is 24.5 Å². The van der Waals surface area contributed by atoms with Crippen LogP contribution in [0.1, 0.15) is 19.8 Å². The number of anilines is 2. The lowest BCUT2D eigenvalue weighted by Gasteiger charge is -2.23. The molecule has 3 rings (SSSR count). The lowest BCUT2D eigenvalue weighted by Crippen LogP contribution is -2.26. The molecule has 106 valence electrons. The number of nitrogens with zero attached hydrogens (tertiary/aromatic N) is 2. The topological polar surface area (TPSA) is 63.8 Å². The molecule has 2 aromatic rings. The maximum absolute atomic E-state index is 6.02. The zero-order valence-electron chi connectivity index (χ0n) is 11.4. The van der Waals surface area contributed by atoms with Crippen LogP contribution in [0.25, 0.3) is 11.1 Å². The summed E-state index contributed by atoms with van der Waals surface area (Å²) in [4.78, 5) is 4.16. The molecule has 0 bridgehead atoms. The standard InChI is InChI=1S/C14H18N4S2/c1-14(5-3-7-19-14)9-17-13-11(12(15)18-20-13)10-4-2-6-16-8-10/h2,4,6,8,17H,3,5,7,9H2,1H3,(H2,15,18). The molecule has 3 N–H and O–H groups in total. The maximum atomic E-state index is 6.02. The lowest BCUT2D eigenvalue weighted by molar-refractivity contribution is 0.635. The van der Waals surface area contributed by atoms with Gasteiger partial charge in [0.25, 0.3) is 0 Å². The van der Waals surface area contributed by atoms with Crippen molar-refractivity contribution in [1.82, 2.24) is 9.36 Å². The van der Waals surface area contributed by atoms with Gasteiger partial charge < -0.3 is 11.1 Å². The third-order valence-corrected chi connectivity index (χ3v) is 5.95. The van der Waals surface area contributed by atoms with Gasteiger partial charge in [-0.1, -0.05) is 6.07 Å². The lowest BCUT2D eigenvalue weighted by atomic mass is 10.1. The van der Waals surface area contributed by atoms with Crippen molar-refractivity contribution in [3.05, 3.63) is 24.5 Å². The molecule has 0 radical (unpaired) electrons. The van der Waals surface area contributed by atoms with Crippen LogP contribution in [0.2, 0.25) is 0 Å². The van der Waals surface area contributed by atoms with Gasteiger partial charge in [-0.05, 0) is 43.1 Å². The second kappa shape index (κ2) is 5.61. The summed E-state index contributed by atoms with van der Waals surface area (Å²) in [6, 6.07) is 3.94. The number of aromatic nitrogens is 2. The van der Waals surface area contributed by atoms with E-state index in [2.05, 4.69) is 33.4 Å². The third kappa shape index (κ3) is 2.76. The van der Waals surface area contributed by atoms with Gasteiger partial charge in [0.1, 0.15) is 10.8 Å². The van der Waals surface area contributed by atoms with Gasteiger partial charge in [-0.15, -0.1) is 0 Å². The van der Waals surface area contributed by atoms with E-state index in [-0.39, 0.29) is 0 Å². The number of hydrogen-bond donors (Lipinski definition) is 2. The van der Waals surface area contributed by atoms with E-state index in [4.69, 9.17) is 5.73 Å². The Bertz CT molecular complexity index is 576. The Hall–Kier alpha value is -1.27. The van der Waals surface area contributed by atoms with Crippen molar-refractivity contribution in [2.75, 3.05) is 23.3 Å². The van der Waals surface area contributed by atoms with Crippen LogP contribution in [-0.4, -0.2) is 26.4 Å². The van der Waals surface area contributed by atoms with E-state index < -0.39 is 0 Å². The van der Waals surface area contributed by atoms with Gasteiger partial charge >= 0.3 is 0 Å². The smallest absolute Gasteiger partial charge is 0.147 e. The highest BCUT2D eigenvalue weighted by Crippen LogP contribution is 2.40. The zero-order valence-corrected chi connectivity index (χ0v) is 13.1. The van der Waals surface area contributed by atoms with Crippen LogP contribution in [0.3, 0.4) is 0 Å². The maximum Gasteiger partial charge on any atom is 0.147 e. The summed E-state index contributed by atoms with van der Waals surface area (Å²) >= 11 is 3.48. The van der Waals surface area contributed by atoms with Crippen LogP contribution < -0.4 is 11.1 Å². The second-order valence-electron chi connectivity index (χ2n) is 5.27. The molecule has 0 spiro atoms. The molecule has 0 aromatic carbocycles. The predicted octanol–water partition coefficient (Wildman–Crippen LogP) is 3.48. The van der Waals surface area contributed by atoms with E-state index in [1.165, 1.54) is 30.1 Å². The minimum atomic E-state index is 0.324. The van der Waals surface area contributed by atoms with E-state index in [0.29, 0.717) is 10.6 Å². The van der Waals surface area contributed by atoms with Crippen LogP contribution in [-0.2, 0) is 0 Å². The SMILES string of the molecule is CC1(CNc2snc(N)c2-c2cccnc2)CCCS1. The Morgan fingerprint density at radius 1 is 1.50 bits per heavy atom. The summed E-state index contributed by atoms with van der Waals surface area (Å²) in [5.41, 5.74) is 8.02. The summed E-state index contributed by atoms with van der Waals surface area (Å²) in [7, 11) is 0. The average molecular weight is 306 g/mol. The summed E-state index contributed by atoms with van der Waals surface area (Å²) < 4.78 is 4.61. The molecule has 20 heavy (non-hydrogen) atoms.